The van der Waals surface area contributed by atoms with Crippen LogP contribution in [0.15, 0.2) is 60.7 Å². The summed E-state index contributed by atoms with van der Waals surface area (Å²) < 4.78 is 20.5. The van der Waals surface area contributed by atoms with Crippen molar-refractivity contribution in [2.75, 3.05) is 37.6 Å². The molecule has 3 heterocycles. The van der Waals surface area contributed by atoms with E-state index in [-0.39, 0.29) is 24.8 Å². The number of anilines is 1. The van der Waals surface area contributed by atoms with E-state index < -0.39 is 18.0 Å². The normalized spacial score (nSPS) is 19.0. The summed E-state index contributed by atoms with van der Waals surface area (Å²) in [6.45, 7) is 4.27. The number of carbonyl (C=O) groups excluding carboxylic acids is 3. The average molecular weight is 569 g/mol. The van der Waals surface area contributed by atoms with Gasteiger partial charge < -0.3 is 14.5 Å². The molecule has 42 heavy (non-hydrogen) atoms. The van der Waals surface area contributed by atoms with Gasteiger partial charge in [0.15, 0.2) is 6.17 Å². The first-order chi connectivity index (χ1) is 20.4. The second-order valence-electron chi connectivity index (χ2n) is 10.6. The van der Waals surface area contributed by atoms with Crippen molar-refractivity contribution in [2.24, 2.45) is 0 Å². The van der Waals surface area contributed by atoms with E-state index in [0.29, 0.717) is 47.8 Å². The Kier molecular flexibility index (Phi) is 7.56. The molecule has 1 unspecified atom stereocenters. The van der Waals surface area contributed by atoms with Crippen LogP contribution in [0.1, 0.15) is 32.6 Å². The lowest BCUT2D eigenvalue weighted by molar-refractivity contribution is -0.137. The molecule has 0 spiro atoms. The molecule has 0 aromatic heterocycles. The van der Waals surface area contributed by atoms with E-state index in [1.54, 1.807) is 24.3 Å². The molecule has 3 aliphatic rings. The monoisotopic (exact) mass is 568 g/mol. The number of carbonyl (C=O) groups is 3. The molecule has 1 atom stereocenters. The minimum absolute atomic E-state index is 0.0370. The van der Waals surface area contributed by atoms with Gasteiger partial charge in [-0.15, -0.1) is 0 Å². The summed E-state index contributed by atoms with van der Waals surface area (Å²) in [5.74, 6) is -1.04. The predicted molar refractivity (Wildman–Crippen MR) is 151 cm³/mol. The quantitative estimate of drug-likeness (QED) is 0.417. The van der Waals surface area contributed by atoms with Crippen molar-refractivity contribution in [3.05, 3.63) is 94.3 Å². The largest absolute Gasteiger partial charge is 0.489 e. The Balaban J connectivity index is 1.02. The predicted octanol–water partition coefficient (Wildman–Crippen LogP) is 2.13. The fourth-order valence-corrected chi connectivity index (χ4v) is 5.59. The first-order valence-corrected chi connectivity index (χ1v) is 13.8. The van der Waals surface area contributed by atoms with Gasteiger partial charge in [-0.2, -0.15) is 5.26 Å². The van der Waals surface area contributed by atoms with Crippen molar-refractivity contribution in [3.63, 3.8) is 0 Å². The summed E-state index contributed by atoms with van der Waals surface area (Å²) >= 11 is 0. The first-order valence-electron chi connectivity index (χ1n) is 13.8. The second-order valence-corrected chi connectivity index (χ2v) is 10.6. The molecule has 3 amide bonds. The lowest BCUT2D eigenvalue weighted by atomic mass is 10.1. The van der Waals surface area contributed by atoms with Crippen LogP contribution >= 0.6 is 0 Å². The van der Waals surface area contributed by atoms with Gasteiger partial charge in [-0.1, -0.05) is 30.3 Å². The molecule has 6 rings (SSSR count). The van der Waals surface area contributed by atoms with Gasteiger partial charge in [0.05, 0.1) is 30.4 Å². The number of benzene rings is 3. The zero-order valence-electron chi connectivity index (χ0n) is 22.8. The van der Waals surface area contributed by atoms with E-state index in [0.717, 1.165) is 30.8 Å². The fraction of sp³-hybridized carbons (Fsp3) is 0.290. The molecule has 0 radical (unpaired) electrons. The highest BCUT2D eigenvalue weighted by atomic mass is 19.1. The fourth-order valence-electron chi connectivity index (χ4n) is 5.59. The van der Waals surface area contributed by atoms with E-state index >= 15 is 0 Å². The summed E-state index contributed by atoms with van der Waals surface area (Å²) in [5.41, 5.74) is 4.19. The smallest absolute Gasteiger partial charge is 0.264 e. The second kappa shape index (κ2) is 11.6. The zero-order valence-corrected chi connectivity index (χ0v) is 22.8. The number of nitriles is 1. The number of piperazine rings is 2. The lowest BCUT2D eigenvalue weighted by Gasteiger charge is -2.36. The van der Waals surface area contributed by atoms with Crippen LogP contribution in [0.25, 0.3) is 0 Å². The van der Waals surface area contributed by atoms with Crippen LogP contribution in [0.3, 0.4) is 0 Å². The minimum atomic E-state index is -0.914. The highest BCUT2D eigenvalue weighted by molar-refractivity contribution is 6.05. The van der Waals surface area contributed by atoms with Crippen molar-refractivity contribution >= 4 is 23.4 Å². The van der Waals surface area contributed by atoms with Crippen molar-refractivity contribution in [2.45, 2.75) is 25.9 Å². The number of amides is 3. The molecule has 3 aliphatic heterocycles. The molecule has 3 aromatic carbocycles. The van der Waals surface area contributed by atoms with Gasteiger partial charge in [-0.3, -0.25) is 29.9 Å². The molecule has 0 bridgehead atoms. The van der Waals surface area contributed by atoms with Crippen LogP contribution in [0, 0.1) is 17.1 Å². The van der Waals surface area contributed by atoms with Gasteiger partial charge in [-0.05, 0) is 41.5 Å². The number of halogens is 1. The SMILES string of the molecule is N#Cc1ccc(N2CCN(Cc3ccc(COc4cccc5c4CN(C4NCC(=O)NC4=O)C5=O)cc3)CC2)c(F)c1. The summed E-state index contributed by atoms with van der Waals surface area (Å²) in [5, 5.41) is 14.1. The van der Waals surface area contributed by atoms with Crippen LogP contribution in [0.5, 0.6) is 5.75 Å². The molecule has 0 saturated carbocycles. The molecule has 11 heteroatoms. The standard InChI is InChI=1S/C31H29FN6O4/c32-25-14-22(15-33)8-9-26(25)37-12-10-36(11-13-37)17-20-4-6-21(7-5-20)19-42-27-3-1-2-23-24(27)18-38(31(23)41)29-30(40)35-28(39)16-34-29/h1-9,14,29,34H,10-13,16-19H2,(H,35,39,40). The third-order valence-corrected chi connectivity index (χ3v) is 7.84. The minimum Gasteiger partial charge on any atom is -0.489 e. The Morgan fingerprint density at radius 3 is 2.45 bits per heavy atom. The average Bonchev–Trinajstić information content (AvgIpc) is 3.33. The van der Waals surface area contributed by atoms with E-state index in [1.165, 1.54) is 11.0 Å². The van der Waals surface area contributed by atoms with Crippen molar-refractivity contribution in [1.29, 1.82) is 5.26 Å². The highest BCUT2D eigenvalue weighted by Gasteiger charge is 2.40. The van der Waals surface area contributed by atoms with E-state index in [9.17, 15) is 18.8 Å². The molecular formula is C31H29FN6O4. The van der Waals surface area contributed by atoms with E-state index in [1.807, 2.05) is 29.2 Å². The van der Waals surface area contributed by atoms with Crippen LogP contribution in [-0.4, -0.2) is 66.4 Å². The Morgan fingerprint density at radius 2 is 1.74 bits per heavy atom. The van der Waals surface area contributed by atoms with Crippen LogP contribution in [-0.2, 0) is 29.3 Å². The van der Waals surface area contributed by atoms with Crippen molar-refractivity contribution in [3.8, 4) is 11.8 Å². The van der Waals surface area contributed by atoms with E-state index in [2.05, 4.69) is 27.7 Å². The van der Waals surface area contributed by atoms with Crippen molar-refractivity contribution < 1.29 is 23.5 Å². The molecule has 10 nitrogen and oxygen atoms in total. The maximum absolute atomic E-state index is 14.4. The number of hydrogen-bond acceptors (Lipinski definition) is 8. The summed E-state index contributed by atoms with van der Waals surface area (Å²) in [6, 6.07) is 20.0. The van der Waals surface area contributed by atoms with Gasteiger partial charge in [0, 0.05) is 43.9 Å². The van der Waals surface area contributed by atoms with Crippen LogP contribution in [0.2, 0.25) is 0 Å². The lowest BCUT2D eigenvalue weighted by Crippen LogP contribution is -2.62. The number of hydrogen-bond donors (Lipinski definition) is 2. The topological polar surface area (TPSA) is 118 Å². The number of fused-ring (bicyclic) bond motifs is 1. The molecule has 2 saturated heterocycles. The maximum Gasteiger partial charge on any atom is 0.264 e. The number of ether oxygens (including phenoxy) is 1. The van der Waals surface area contributed by atoms with Crippen LogP contribution < -0.4 is 20.3 Å². The number of rotatable bonds is 7. The Bertz CT molecular complexity index is 1580. The van der Waals surface area contributed by atoms with Gasteiger partial charge in [0.2, 0.25) is 5.91 Å². The third-order valence-electron chi connectivity index (χ3n) is 7.84. The zero-order chi connectivity index (χ0) is 29.2. The van der Waals surface area contributed by atoms with Gasteiger partial charge in [0.1, 0.15) is 18.2 Å². The summed E-state index contributed by atoms with van der Waals surface area (Å²) in [7, 11) is 0. The van der Waals surface area contributed by atoms with Crippen LogP contribution in [0.4, 0.5) is 10.1 Å². The molecule has 2 N–H and O–H groups in total. The summed E-state index contributed by atoms with van der Waals surface area (Å²) in [4.78, 5) is 42.5. The molecule has 214 valence electrons. The summed E-state index contributed by atoms with van der Waals surface area (Å²) in [6.07, 6.45) is -0.914. The number of nitrogens with one attached hydrogen (secondary N) is 2. The maximum atomic E-state index is 14.4. The Hall–Kier alpha value is -4.79. The van der Waals surface area contributed by atoms with Gasteiger partial charge in [-0.25, -0.2) is 4.39 Å². The number of imide groups is 1. The Labute approximate surface area is 242 Å². The molecule has 3 aromatic rings. The number of nitrogens with zero attached hydrogens (tertiary/aromatic N) is 4. The third kappa shape index (κ3) is 5.54. The molecule has 2 fully saturated rings. The molecule has 0 aliphatic carbocycles. The van der Waals surface area contributed by atoms with Crippen molar-refractivity contribution in [1.82, 2.24) is 20.4 Å². The Morgan fingerprint density at radius 1 is 0.976 bits per heavy atom. The first kappa shape index (κ1) is 27.4. The highest BCUT2D eigenvalue weighted by Crippen LogP contribution is 2.32. The van der Waals surface area contributed by atoms with Gasteiger partial charge in [0.25, 0.3) is 11.8 Å². The van der Waals surface area contributed by atoms with Gasteiger partial charge >= 0.3 is 0 Å². The molecular weight excluding hydrogens is 539 g/mol. The van der Waals surface area contributed by atoms with E-state index in [4.69, 9.17) is 10.00 Å².